The monoisotopic (exact) mass is 438 g/mol. The number of ether oxygens (including phenoxy) is 2. The van der Waals surface area contributed by atoms with Gasteiger partial charge in [0, 0.05) is 0 Å². The van der Waals surface area contributed by atoms with Gasteiger partial charge in [-0.1, -0.05) is 71.3 Å². The average molecular weight is 439 g/mol. The van der Waals surface area contributed by atoms with Crippen LogP contribution in [0.4, 0.5) is 0 Å². The van der Waals surface area contributed by atoms with Crippen LogP contribution in [0, 0.1) is 16.2 Å². The predicted octanol–water partition coefficient (Wildman–Crippen LogP) is 7.05. The molecule has 0 amide bonds. The largest absolute Gasteiger partial charge is 0.458 e. The summed E-state index contributed by atoms with van der Waals surface area (Å²) in [5.74, 6) is -0.0946. The molecule has 0 fully saturated rings. The molecule has 0 heterocycles. The average Bonchev–Trinajstić information content (AvgIpc) is 3.18. The molecule has 3 rings (SSSR count). The van der Waals surface area contributed by atoms with E-state index < -0.39 is 11.4 Å². The first-order valence-corrected chi connectivity index (χ1v) is 11.9. The van der Waals surface area contributed by atoms with Gasteiger partial charge in [-0.25, -0.2) is 4.79 Å². The van der Waals surface area contributed by atoms with E-state index in [1.54, 1.807) is 24.3 Å². The Labute approximate surface area is 193 Å². The summed E-state index contributed by atoms with van der Waals surface area (Å²) in [4.78, 5) is 25.6. The van der Waals surface area contributed by atoms with Gasteiger partial charge in [0.25, 0.3) is 0 Å². The fourth-order valence-electron chi connectivity index (χ4n) is 5.21. The van der Waals surface area contributed by atoms with Crippen LogP contribution < -0.4 is 4.74 Å². The lowest BCUT2D eigenvalue weighted by Crippen LogP contribution is -2.34. The topological polar surface area (TPSA) is 52.6 Å². The van der Waals surface area contributed by atoms with E-state index in [4.69, 9.17) is 9.47 Å². The molecular formula is C28H38O4. The fraction of sp³-hybridized carbons (Fsp3) is 0.571. The zero-order valence-electron chi connectivity index (χ0n) is 20.4. The third-order valence-electron chi connectivity index (χ3n) is 7.48. The summed E-state index contributed by atoms with van der Waals surface area (Å²) in [6.45, 7) is 15.2. The Morgan fingerprint density at radius 3 is 2.06 bits per heavy atom. The van der Waals surface area contributed by atoms with Crippen molar-refractivity contribution in [3.8, 4) is 5.75 Å². The van der Waals surface area contributed by atoms with E-state index in [-0.39, 0.29) is 23.4 Å². The van der Waals surface area contributed by atoms with Crippen molar-refractivity contribution in [3.63, 3.8) is 0 Å². The molecular weight excluding hydrogens is 400 g/mol. The molecule has 174 valence electrons. The second kappa shape index (κ2) is 9.25. The molecule has 0 unspecified atom stereocenters. The Balaban J connectivity index is 1.81. The van der Waals surface area contributed by atoms with Crippen molar-refractivity contribution < 1.29 is 19.1 Å². The summed E-state index contributed by atoms with van der Waals surface area (Å²) in [6.07, 6.45) is 8.32. The van der Waals surface area contributed by atoms with Gasteiger partial charge in [0.15, 0.2) is 0 Å². The van der Waals surface area contributed by atoms with Crippen molar-refractivity contribution in [1.82, 2.24) is 0 Å². The van der Waals surface area contributed by atoms with E-state index in [1.807, 2.05) is 0 Å². The number of rotatable bonds is 8. The maximum atomic E-state index is 13.6. The molecule has 2 aliphatic carbocycles. The van der Waals surface area contributed by atoms with Crippen molar-refractivity contribution in [3.05, 3.63) is 53.6 Å². The van der Waals surface area contributed by atoms with Gasteiger partial charge in [-0.05, 0) is 67.2 Å². The molecule has 0 radical (unpaired) electrons. The van der Waals surface area contributed by atoms with Crippen LogP contribution in [0.15, 0.2) is 48.1 Å². The van der Waals surface area contributed by atoms with E-state index in [1.165, 1.54) is 17.2 Å². The number of hydrogen-bond donors (Lipinski definition) is 0. The number of benzene rings is 1. The molecule has 0 atom stereocenters. The first-order chi connectivity index (χ1) is 15.0. The van der Waals surface area contributed by atoms with Crippen LogP contribution >= 0.6 is 0 Å². The summed E-state index contributed by atoms with van der Waals surface area (Å²) in [5.41, 5.74) is 3.14. The maximum Gasteiger partial charge on any atom is 0.338 e. The molecule has 0 aromatic heterocycles. The first kappa shape index (κ1) is 24.3. The lowest BCUT2D eigenvalue weighted by molar-refractivity contribution is -0.146. The van der Waals surface area contributed by atoms with Crippen LogP contribution in [0.25, 0.3) is 0 Å². The Kier molecular flexibility index (Phi) is 7.02. The van der Waals surface area contributed by atoms with Gasteiger partial charge in [0.05, 0.1) is 11.0 Å². The molecule has 0 aliphatic heterocycles. The van der Waals surface area contributed by atoms with Crippen LogP contribution in [0.2, 0.25) is 0 Å². The Hall–Kier alpha value is -2.36. The summed E-state index contributed by atoms with van der Waals surface area (Å²) < 4.78 is 11.0. The second-order valence-electron chi connectivity index (χ2n) is 10.8. The number of esters is 2. The smallest absolute Gasteiger partial charge is 0.338 e. The minimum absolute atomic E-state index is 0.131. The van der Waals surface area contributed by atoms with Gasteiger partial charge in [0.2, 0.25) is 0 Å². The van der Waals surface area contributed by atoms with Crippen molar-refractivity contribution in [1.29, 1.82) is 0 Å². The Morgan fingerprint density at radius 2 is 1.56 bits per heavy atom. The molecule has 2 aliphatic rings. The standard InChI is InChI=1S/C28H38O4/c1-7-9-14-28(18-22-23(19-28)27(5,6)16-15-26(22,3)4)25(30)32-21-12-10-20(11-13-21)24(29)31-17-8-2/h8,10-13H,2,7,9,14-19H2,1,3-6H3. The minimum Gasteiger partial charge on any atom is -0.458 e. The Bertz CT molecular complexity index is 874. The number of carbonyl (C=O) groups is 2. The van der Waals surface area contributed by atoms with Gasteiger partial charge in [-0.15, -0.1) is 0 Å². The minimum atomic E-state index is -0.499. The van der Waals surface area contributed by atoms with E-state index >= 15 is 0 Å². The number of allylic oxidation sites excluding steroid dienone is 2. The predicted molar refractivity (Wildman–Crippen MR) is 128 cm³/mol. The highest BCUT2D eigenvalue weighted by atomic mass is 16.5. The number of carbonyl (C=O) groups excluding carboxylic acids is 2. The fourth-order valence-corrected chi connectivity index (χ4v) is 5.21. The second-order valence-corrected chi connectivity index (χ2v) is 10.8. The highest BCUT2D eigenvalue weighted by Gasteiger charge is 2.53. The highest BCUT2D eigenvalue weighted by Crippen LogP contribution is 2.61. The highest BCUT2D eigenvalue weighted by molar-refractivity contribution is 5.89. The Morgan fingerprint density at radius 1 is 1.00 bits per heavy atom. The first-order valence-electron chi connectivity index (χ1n) is 11.9. The van der Waals surface area contributed by atoms with Crippen LogP contribution in [-0.4, -0.2) is 18.5 Å². The van der Waals surface area contributed by atoms with Crippen LogP contribution in [0.3, 0.4) is 0 Å². The lowest BCUT2D eigenvalue weighted by Gasteiger charge is -2.41. The third-order valence-corrected chi connectivity index (χ3v) is 7.48. The summed E-state index contributed by atoms with van der Waals surface area (Å²) >= 11 is 0. The van der Waals surface area contributed by atoms with Gasteiger partial charge in [0.1, 0.15) is 12.4 Å². The molecule has 4 nitrogen and oxygen atoms in total. The van der Waals surface area contributed by atoms with E-state index in [0.717, 1.165) is 44.9 Å². The SMILES string of the molecule is C=CCOC(=O)c1ccc(OC(=O)C2(CCCC)CC3=C(C2)C(C)(C)CCC3(C)C)cc1. The summed E-state index contributed by atoms with van der Waals surface area (Å²) in [6, 6.07) is 6.62. The molecule has 0 saturated heterocycles. The van der Waals surface area contributed by atoms with Crippen molar-refractivity contribution >= 4 is 11.9 Å². The molecule has 0 N–H and O–H groups in total. The molecule has 4 heteroatoms. The van der Waals surface area contributed by atoms with Crippen LogP contribution in [-0.2, 0) is 9.53 Å². The van der Waals surface area contributed by atoms with Crippen molar-refractivity contribution in [2.24, 2.45) is 16.2 Å². The van der Waals surface area contributed by atoms with Crippen LogP contribution in [0.5, 0.6) is 5.75 Å². The molecule has 1 aromatic carbocycles. The van der Waals surface area contributed by atoms with E-state index in [9.17, 15) is 9.59 Å². The normalized spacial score (nSPS) is 20.4. The zero-order chi connectivity index (χ0) is 23.6. The lowest BCUT2D eigenvalue weighted by atomic mass is 9.64. The maximum absolute atomic E-state index is 13.6. The van der Waals surface area contributed by atoms with Crippen molar-refractivity contribution in [2.45, 2.75) is 79.6 Å². The molecule has 0 saturated carbocycles. The van der Waals surface area contributed by atoms with Crippen LogP contribution in [0.1, 0.15) is 89.9 Å². The third kappa shape index (κ3) is 4.84. The van der Waals surface area contributed by atoms with Gasteiger partial charge in [-0.2, -0.15) is 0 Å². The quantitative estimate of drug-likeness (QED) is 0.248. The summed E-state index contributed by atoms with van der Waals surface area (Å²) in [7, 11) is 0. The molecule has 0 spiro atoms. The zero-order valence-corrected chi connectivity index (χ0v) is 20.4. The molecule has 1 aromatic rings. The molecule has 32 heavy (non-hydrogen) atoms. The number of unbranched alkanes of at least 4 members (excludes halogenated alkanes) is 1. The van der Waals surface area contributed by atoms with Gasteiger partial charge < -0.3 is 9.47 Å². The van der Waals surface area contributed by atoms with E-state index in [2.05, 4.69) is 41.2 Å². The van der Waals surface area contributed by atoms with Gasteiger partial charge in [-0.3, -0.25) is 4.79 Å². The number of hydrogen-bond acceptors (Lipinski definition) is 4. The molecule has 0 bridgehead atoms. The van der Waals surface area contributed by atoms with E-state index in [0.29, 0.717) is 11.3 Å². The summed E-state index contributed by atoms with van der Waals surface area (Å²) in [5, 5.41) is 0. The van der Waals surface area contributed by atoms with Crippen molar-refractivity contribution in [2.75, 3.05) is 6.61 Å². The van der Waals surface area contributed by atoms with Gasteiger partial charge >= 0.3 is 11.9 Å².